The van der Waals surface area contributed by atoms with E-state index in [4.69, 9.17) is 0 Å². The lowest BCUT2D eigenvalue weighted by molar-refractivity contribution is 0.175. The van der Waals surface area contributed by atoms with E-state index < -0.39 is 0 Å². The maximum absolute atomic E-state index is 4.63. The van der Waals surface area contributed by atoms with Crippen LogP contribution >= 0.6 is 0 Å². The van der Waals surface area contributed by atoms with Crippen LogP contribution in [0.3, 0.4) is 0 Å². The Morgan fingerprint density at radius 3 is 2.62 bits per heavy atom. The number of rotatable bonds is 7. The summed E-state index contributed by atoms with van der Waals surface area (Å²) >= 11 is 0. The Labute approximate surface area is 130 Å². The van der Waals surface area contributed by atoms with Gasteiger partial charge in [-0.3, -0.25) is 4.68 Å². The molecule has 1 fully saturated rings. The third-order valence-electron chi connectivity index (χ3n) is 4.81. The first kappa shape index (κ1) is 16.5. The quantitative estimate of drug-likeness (QED) is 0.824. The third-order valence-corrected chi connectivity index (χ3v) is 4.81. The monoisotopic (exact) mass is 291 g/mol. The summed E-state index contributed by atoms with van der Waals surface area (Å²) in [5.41, 5.74) is 3.04. The minimum Gasteiger partial charge on any atom is -0.316 e. The van der Waals surface area contributed by atoms with Gasteiger partial charge in [-0.05, 0) is 57.1 Å². The standard InChI is InChI=1S/C18H33N3/c1-5-21-17(11-16(4)20-21)12-18(9-7-6-8-10-18)14-19-13-15(2)3/h11,15,19H,5-10,12-14H2,1-4H3. The first-order valence-electron chi connectivity index (χ1n) is 8.79. The summed E-state index contributed by atoms with van der Waals surface area (Å²) in [5, 5.41) is 8.36. The average molecular weight is 291 g/mol. The van der Waals surface area contributed by atoms with Crippen molar-refractivity contribution in [3.05, 3.63) is 17.5 Å². The molecule has 3 nitrogen and oxygen atoms in total. The Morgan fingerprint density at radius 2 is 2.00 bits per heavy atom. The van der Waals surface area contributed by atoms with E-state index >= 15 is 0 Å². The number of nitrogens with one attached hydrogen (secondary N) is 1. The van der Waals surface area contributed by atoms with Crippen LogP contribution in [0.5, 0.6) is 0 Å². The van der Waals surface area contributed by atoms with Crippen molar-refractivity contribution in [3.8, 4) is 0 Å². The molecular formula is C18H33N3. The van der Waals surface area contributed by atoms with Crippen molar-refractivity contribution in [3.63, 3.8) is 0 Å². The molecule has 0 amide bonds. The van der Waals surface area contributed by atoms with Crippen molar-refractivity contribution in [2.45, 2.75) is 72.8 Å². The van der Waals surface area contributed by atoms with Crippen molar-refractivity contribution < 1.29 is 0 Å². The van der Waals surface area contributed by atoms with E-state index in [9.17, 15) is 0 Å². The zero-order valence-electron chi connectivity index (χ0n) is 14.4. The van der Waals surface area contributed by atoms with Gasteiger partial charge < -0.3 is 5.32 Å². The highest BCUT2D eigenvalue weighted by Gasteiger charge is 2.33. The van der Waals surface area contributed by atoms with Gasteiger partial charge in [0.1, 0.15) is 0 Å². The summed E-state index contributed by atoms with van der Waals surface area (Å²) < 4.78 is 2.20. The molecule has 0 spiro atoms. The molecule has 0 aromatic carbocycles. The Kier molecular flexibility index (Phi) is 5.86. The third kappa shape index (κ3) is 4.57. The van der Waals surface area contributed by atoms with Crippen LogP contribution in [0.1, 0.15) is 64.3 Å². The molecule has 1 aliphatic carbocycles. The van der Waals surface area contributed by atoms with Crippen molar-refractivity contribution in [1.82, 2.24) is 15.1 Å². The van der Waals surface area contributed by atoms with Gasteiger partial charge in [-0.1, -0.05) is 33.1 Å². The van der Waals surface area contributed by atoms with E-state index in [-0.39, 0.29) is 0 Å². The van der Waals surface area contributed by atoms with Crippen molar-refractivity contribution >= 4 is 0 Å². The molecule has 1 saturated carbocycles. The van der Waals surface area contributed by atoms with Gasteiger partial charge in [0.05, 0.1) is 5.69 Å². The SMILES string of the molecule is CCn1nc(C)cc1CC1(CNCC(C)C)CCCCC1. The van der Waals surface area contributed by atoms with Crippen LogP contribution < -0.4 is 5.32 Å². The van der Waals surface area contributed by atoms with Crippen LogP contribution in [-0.2, 0) is 13.0 Å². The summed E-state index contributed by atoms with van der Waals surface area (Å²) in [4.78, 5) is 0. The van der Waals surface area contributed by atoms with Crippen LogP contribution in [0.4, 0.5) is 0 Å². The first-order chi connectivity index (χ1) is 10.0. The highest BCUT2D eigenvalue weighted by molar-refractivity contribution is 5.12. The summed E-state index contributed by atoms with van der Waals surface area (Å²) in [6, 6.07) is 2.29. The predicted molar refractivity (Wildman–Crippen MR) is 89.6 cm³/mol. The number of hydrogen-bond acceptors (Lipinski definition) is 2. The van der Waals surface area contributed by atoms with Crippen LogP contribution in [0.25, 0.3) is 0 Å². The zero-order valence-corrected chi connectivity index (χ0v) is 14.4. The van der Waals surface area contributed by atoms with Gasteiger partial charge in [-0.25, -0.2) is 0 Å². The van der Waals surface area contributed by atoms with Gasteiger partial charge in [0, 0.05) is 18.8 Å². The van der Waals surface area contributed by atoms with Crippen LogP contribution in [0.2, 0.25) is 0 Å². The van der Waals surface area contributed by atoms with E-state index in [0.29, 0.717) is 5.41 Å². The molecule has 0 saturated heterocycles. The van der Waals surface area contributed by atoms with Gasteiger partial charge in [-0.2, -0.15) is 5.10 Å². The summed E-state index contributed by atoms with van der Waals surface area (Å²) in [5.74, 6) is 0.731. The highest BCUT2D eigenvalue weighted by atomic mass is 15.3. The molecule has 1 aromatic heterocycles. The van der Waals surface area contributed by atoms with E-state index in [1.165, 1.54) is 50.8 Å². The zero-order chi connectivity index (χ0) is 15.3. The van der Waals surface area contributed by atoms with Gasteiger partial charge in [0.2, 0.25) is 0 Å². The predicted octanol–water partition coefficient (Wildman–Crippen LogP) is 3.95. The smallest absolute Gasteiger partial charge is 0.0596 e. The number of hydrogen-bond donors (Lipinski definition) is 1. The summed E-state index contributed by atoms with van der Waals surface area (Å²) in [6.45, 7) is 12.2. The number of nitrogens with zero attached hydrogens (tertiary/aromatic N) is 2. The lowest BCUT2D eigenvalue weighted by Gasteiger charge is -2.38. The molecule has 0 bridgehead atoms. The molecule has 3 heteroatoms. The molecule has 120 valence electrons. The normalized spacial score (nSPS) is 18.3. The van der Waals surface area contributed by atoms with Crippen LogP contribution in [-0.4, -0.2) is 22.9 Å². The van der Waals surface area contributed by atoms with E-state index in [1.54, 1.807) is 0 Å². The number of aromatic nitrogens is 2. The Bertz CT molecular complexity index is 428. The van der Waals surface area contributed by atoms with Gasteiger partial charge in [-0.15, -0.1) is 0 Å². The second kappa shape index (κ2) is 7.44. The molecule has 21 heavy (non-hydrogen) atoms. The highest BCUT2D eigenvalue weighted by Crippen LogP contribution is 2.39. The van der Waals surface area contributed by atoms with Crippen LogP contribution in [0.15, 0.2) is 6.07 Å². The maximum atomic E-state index is 4.63. The largest absolute Gasteiger partial charge is 0.316 e. The van der Waals surface area contributed by atoms with E-state index in [0.717, 1.165) is 24.7 Å². The average Bonchev–Trinajstić information content (AvgIpc) is 2.79. The van der Waals surface area contributed by atoms with Gasteiger partial charge in [0.15, 0.2) is 0 Å². The molecule has 0 unspecified atom stereocenters. The molecular weight excluding hydrogens is 258 g/mol. The van der Waals surface area contributed by atoms with E-state index in [1.807, 2.05) is 0 Å². The summed E-state index contributed by atoms with van der Waals surface area (Å²) in [6.07, 6.45) is 8.12. The molecule has 0 radical (unpaired) electrons. The first-order valence-corrected chi connectivity index (χ1v) is 8.79. The fourth-order valence-corrected chi connectivity index (χ4v) is 3.74. The molecule has 1 N–H and O–H groups in total. The molecule has 1 aromatic rings. The minimum absolute atomic E-state index is 0.451. The Balaban J connectivity index is 2.07. The molecule has 0 atom stereocenters. The maximum Gasteiger partial charge on any atom is 0.0596 e. The summed E-state index contributed by atoms with van der Waals surface area (Å²) in [7, 11) is 0. The Hall–Kier alpha value is -0.830. The lowest BCUT2D eigenvalue weighted by atomic mass is 9.71. The molecule has 1 aliphatic rings. The van der Waals surface area contributed by atoms with Crippen molar-refractivity contribution in [1.29, 1.82) is 0 Å². The molecule has 1 heterocycles. The van der Waals surface area contributed by atoms with E-state index in [2.05, 4.69) is 48.9 Å². The van der Waals surface area contributed by atoms with Gasteiger partial charge >= 0.3 is 0 Å². The topological polar surface area (TPSA) is 29.9 Å². The fourth-order valence-electron chi connectivity index (χ4n) is 3.74. The van der Waals surface area contributed by atoms with Crippen molar-refractivity contribution in [2.75, 3.05) is 13.1 Å². The Morgan fingerprint density at radius 1 is 1.29 bits per heavy atom. The second-order valence-electron chi connectivity index (χ2n) is 7.36. The second-order valence-corrected chi connectivity index (χ2v) is 7.36. The van der Waals surface area contributed by atoms with Gasteiger partial charge in [0.25, 0.3) is 0 Å². The fraction of sp³-hybridized carbons (Fsp3) is 0.833. The molecule has 0 aliphatic heterocycles. The minimum atomic E-state index is 0.451. The van der Waals surface area contributed by atoms with Crippen LogP contribution in [0, 0.1) is 18.3 Å². The number of aryl methyl sites for hydroxylation is 2. The van der Waals surface area contributed by atoms with Crippen molar-refractivity contribution in [2.24, 2.45) is 11.3 Å². The lowest BCUT2D eigenvalue weighted by Crippen LogP contribution is -2.39. The molecule has 2 rings (SSSR count).